The summed E-state index contributed by atoms with van der Waals surface area (Å²) in [5.74, 6) is -0.369. The lowest BCUT2D eigenvalue weighted by Crippen LogP contribution is -2.35. The molecule has 1 aliphatic heterocycles. The van der Waals surface area contributed by atoms with E-state index in [1.807, 2.05) is 19.9 Å². The number of carbonyl (C=O) groups is 1. The van der Waals surface area contributed by atoms with Crippen LogP contribution in [0.15, 0.2) is 49.1 Å². The fraction of sp³-hybridized carbons (Fsp3) is 0.469. The standard InChI is InChI=1S/C28H36FN3O2.C3H6.CH4O/c1-3-8-21-16-19-32(20-17-21)18-7-10-25-24(4-2)31-28(22-12-14-23(29)15-13-22)26(30-25)9-5-6-11-27(33)34;1-3-2;1-2/h3-4,8,10,12-15,21H,5-7,9,11,16-20H2,1-2H3,(H,33,34);3H,1H2,2H3;2H,1H3/b8-3+,24-4+,25-10+;;. The minimum absolute atomic E-state index is 0.143. The lowest BCUT2D eigenvalue weighted by atomic mass is 9.96. The van der Waals surface area contributed by atoms with Gasteiger partial charge in [0.25, 0.3) is 0 Å². The van der Waals surface area contributed by atoms with Crippen LogP contribution in [0.25, 0.3) is 23.4 Å². The van der Waals surface area contributed by atoms with Crippen LogP contribution in [0.2, 0.25) is 0 Å². The van der Waals surface area contributed by atoms with Gasteiger partial charge in [-0.3, -0.25) is 4.79 Å². The number of allylic oxidation sites excluding steroid dienone is 3. The highest BCUT2D eigenvalue weighted by atomic mass is 19.1. The lowest BCUT2D eigenvalue weighted by Gasteiger charge is -2.30. The Kier molecular flexibility index (Phi) is 17.2. The highest BCUT2D eigenvalue weighted by molar-refractivity contribution is 5.66. The minimum Gasteiger partial charge on any atom is -0.481 e. The molecule has 2 N–H and O–H groups in total. The Morgan fingerprint density at radius 3 is 2.28 bits per heavy atom. The topological polar surface area (TPSA) is 86.6 Å². The molecular weight excluding hydrogens is 493 g/mol. The molecule has 0 aliphatic carbocycles. The van der Waals surface area contributed by atoms with Gasteiger partial charge in [0.2, 0.25) is 0 Å². The van der Waals surface area contributed by atoms with Gasteiger partial charge in [-0.25, -0.2) is 14.4 Å². The zero-order valence-electron chi connectivity index (χ0n) is 24.1. The van der Waals surface area contributed by atoms with Crippen molar-refractivity contribution in [3.63, 3.8) is 0 Å². The van der Waals surface area contributed by atoms with E-state index in [2.05, 4.69) is 36.6 Å². The zero-order valence-corrected chi connectivity index (χ0v) is 24.1. The number of aryl methyl sites for hydroxylation is 1. The molecule has 214 valence electrons. The molecule has 1 fully saturated rings. The molecule has 0 atom stereocenters. The largest absolute Gasteiger partial charge is 0.481 e. The van der Waals surface area contributed by atoms with Gasteiger partial charge in [0.1, 0.15) is 5.82 Å². The predicted octanol–water partition coefficient (Wildman–Crippen LogP) is 5.14. The first kappa shape index (κ1) is 33.9. The second-order valence-electron chi connectivity index (χ2n) is 9.29. The molecule has 3 rings (SSSR count). The normalized spacial score (nSPS) is 14.9. The van der Waals surface area contributed by atoms with E-state index in [-0.39, 0.29) is 12.2 Å². The molecule has 1 aromatic heterocycles. The van der Waals surface area contributed by atoms with Gasteiger partial charge in [0.15, 0.2) is 0 Å². The molecule has 1 saturated heterocycles. The first-order valence-corrected chi connectivity index (χ1v) is 13.8. The first-order valence-electron chi connectivity index (χ1n) is 13.8. The van der Waals surface area contributed by atoms with Crippen molar-refractivity contribution in [3.05, 3.63) is 71.3 Å². The van der Waals surface area contributed by atoms with Gasteiger partial charge in [0, 0.05) is 25.6 Å². The van der Waals surface area contributed by atoms with Crippen molar-refractivity contribution < 1.29 is 19.4 Å². The van der Waals surface area contributed by atoms with Gasteiger partial charge in [-0.1, -0.05) is 30.4 Å². The first-order chi connectivity index (χ1) is 18.9. The summed E-state index contributed by atoms with van der Waals surface area (Å²) in [6.07, 6.45) is 15.8. The van der Waals surface area contributed by atoms with E-state index in [0.717, 1.165) is 60.8 Å². The number of likely N-dealkylation sites (tertiary alicyclic amines) is 1. The second kappa shape index (κ2) is 19.8. The summed E-state index contributed by atoms with van der Waals surface area (Å²) in [4.78, 5) is 23.3. The van der Waals surface area contributed by atoms with Crippen LogP contribution in [-0.2, 0) is 11.2 Å². The van der Waals surface area contributed by atoms with Crippen LogP contribution in [-0.4, -0.2) is 57.8 Å². The van der Waals surface area contributed by atoms with Crippen LogP contribution in [0.3, 0.4) is 0 Å². The highest BCUT2D eigenvalue weighted by Crippen LogP contribution is 2.21. The molecule has 0 bridgehead atoms. The Labute approximate surface area is 233 Å². The molecule has 0 spiro atoms. The van der Waals surface area contributed by atoms with E-state index in [4.69, 9.17) is 20.2 Å². The van der Waals surface area contributed by atoms with E-state index in [0.29, 0.717) is 25.2 Å². The van der Waals surface area contributed by atoms with E-state index in [1.54, 1.807) is 18.2 Å². The smallest absolute Gasteiger partial charge is 0.303 e. The molecule has 0 unspecified atom stereocenters. The van der Waals surface area contributed by atoms with Crippen molar-refractivity contribution in [2.45, 2.75) is 65.7 Å². The van der Waals surface area contributed by atoms with Crippen LogP contribution < -0.4 is 10.7 Å². The Bertz CT molecular complexity index is 1140. The summed E-state index contributed by atoms with van der Waals surface area (Å²) >= 11 is 0. The molecule has 0 saturated carbocycles. The minimum atomic E-state index is -0.787. The van der Waals surface area contributed by atoms with Crippen LogP contribution in [0.1, 0.15) is 65.0 Å². The van der Waals surface area contributed by atoms with Crippen molar-refractivity contribution in [1.29, 1.82) is 0 Å². The van der Waals surface area contributed by atoms with Crippen molar-refractivity contribution >= 4 is 18.1 Å². The molecule has 2 aromatic rings. The lowest BCUT2D eigenvalue weighted by molar-refractivity contribution is -0.137. The number of nitrogens with zero attached hydrogens (tertiary/aromatic N) is 3. The third kappa shape index (κ3) is 12.5. The van der Waals surface area contributed by atoms with Crippen LogP contribution >= 0.6 is 0 Å². The number of piperidine rings is 1. The Morgan fingerprint density at radius 2 is 1.72 bits per heavy atom. The Morgan fingerprint density at radius 1 is 1.08 bits per heavy atom. The number of halogens is 1. The number of aliphatic hydroxyl groups excluding tert-OH is 1. The number of carboxylic acid groups (broad SMARTS) is 1. The number of carboxylic acids is 1. The van der Waals surface area contributed by atoms with Gasteiger partial charge < -0.3 is 15.1 Å². The molecule has 2 heterocycles. The van der Waals surface area contributed by atoms with Crippen LogP contribution in [0.4, 0.5) is 4.39 Å². The summed E-state index contributed by atoms with van der Waals surface area (Å²) < 4.78 is 13.5. The fourth-order valence-electron chi connectivity index (χ4n) is 4.47. The number of rotatable bonds is 10. The zero-order chi connectivity index (χ0) is 29.0. The average molecular weight is 540 g/mol. The summed E-state index contributed by atoms with van der Waals surface area (Å²) in [5, 5.41) is 17.6. The molecule has 1 aliphatic rings. The monoisotopic (exact) mass is 539 g/mol. The number of aromatic nitrogens is 2. The molecular formula is C32H46FN3O3. The van der Waals surface area contributed by atoms with E-state index >= 15 is 0 Å². The average Bonchev–Trinajstić information content (AvgIpc) is 2.94. The number of hydrogen-bond donors (Lipinski definition) is 2. The van der Waals surface area contributed by atoms with Crippen molar-refractivity contribution in [2.75, 3.05) is 26.7 Å². The molecule has 0 amide bonds. The van der Waals surface area contributed by atoms with E-state index in [9.17, 15) is 9.18 Å². The second-order valence-corrected chi connectivity index (χ2v) is 9.29. The van der Waals surface area contributed by atoms with Crippen LogP contribution in [0, 0.1) is 11.7 Å². The van der Waals surface area contributed by atoms with Gasteiger partial charge in [-0.15, -0.1) is 6.58 Å². The predicted molar refractivity (Wildman–Crippen MR) is 159 cm³/mol. The quantitative estimate of drug-likeness (QED) is 0.321. The van der Waals surface area contributed by atoms with E-state index < -0.39 is 5.97 Å². The molecule has 1 aromatic carbocycles. The van der Waals surface area contributed by atoms with Gasteiger partial charge in [0.05, 0.1) is 22.1 Å². The summed E-state index contributed by atoms with van der Waals surface area (Å²) in [5.41, 5.74) is 2.40. The number of aliphatic carboxylic acids is 1. The Hall–Kier alpha value is -3.16. The molecule has 0 radical (unpaired) electrons. The molecule has 7 heteroatoms. The van der Waals surface area contributed by atoms with Crippen molar-refractivity contribution in [1.82, 2.24) is 14.9 Å². The van der Waals surface area contributed by atoms with Gasteiger partial charge in [-0.2, -0.15) is 0 Å². The molecule has 39 heavy (non-hydrogen) atoms. The van der Waals surface area contributed by atoms with Crippen molar-refractivity contribution in [2.24, 2.45) is 5.92 Å². The third-order valence-electron chi connectivity index (χ3n) is 6.35. The highest BCUT2D eigenvalue weighted by Gasteiger charge is 2.16. The maximum atomic E-state index is 13.5. The maximum Gasteiger partial charge on any atom is 0.303 e. The SMILES string of the molecule is C/C=C/C1CCN(CC/C=c2/nc(CCCCC(=O)O)c(-c3ccc(F)cc3)n/c2=C/C)CC1.C=CC.CO. The fourth-order valence-corrected chi connectivity index (χ4v) is 4.47. The number of benzene rings is 1. The molecule has 6 nitrogen and oxygen atoms in total. The summed E-state index contributed by atoms with van der Waals surface area (Å²) in [6, 6.07) is 6.31. The van der Waals surface area contributed by atoms with Crippen LogP contribution in [0.5, 0.6) is 0 Å². The maximum absolute atomic E-state index is 13.5. The number of hydrogen-bond acceptors (Lipinski definition) is 5. The van der Waals surface area contributed by atoms with E-state index in [1.165, 1.54) is 25.0 Å². The van der Waals surface area contributed by atoms with Gasteiger partial charge in [-0.05, 0) is 103 Å². The number of unbranched alkanes of at least 4 members (excludes halogenated alkanes) is 1. The van der Waals surface area contributed by atoms with Gasteiger partial charge >= 0.3 is 5.97 Å². The summed E-state index contributed by atoms with van der Waals surface area (Å²) in [6.45, 7) is 12.5. The Balaban J connectivity index is 0.00000142. The number of aliphatic hydroxyl groups is 1. The van der Waals surface area contributed by atoms with Crippen molar-refractivity contribution in [3.8, 4) is 11.3 Å². The third-order valence-corrected chi connectivity index (χ3v) is 6.35. The summed E-state index contributed by atoms with van der Waals surface area (Å²) in [7, 11) is 1.00.